The normalized spacial score (nSPS) is 13.0. The van der Waals surface area contributed by atoms with Crippen molar-refractivity contribution >= 4 is 21.9 Å². The van der Waals surface area contributed by atoms with Gasteiger partial charge in [0.25, 0.3) is 0 Å². The molecule has 0 saturated carbocycles. The second-order valence-electron chi connectivity index (χ2n) is 16.3. The summed E-state index contributed by atoms with van der Waals surface area (Å²) in [4.78, 5) is 11.0. The second-order valence-corrected chi connectivity index (χ2v) is 16.3. The SMILES string of the molecule is c1ccc(-c2ccccc2-c2cc(-c3ccc4c(c3)C3(c5ccccc5-c5ccccc5-c5ccccc53)c3ccccc3-4)nc(-c3cccc4oc5ccccc5c34)n2)cc1. The zero-order valence-electron chi connectivity index (χ0n) is 33.6. The highest BCUT2D eigenvalue weighted by Gasteiger charge is 2.49. The first-order chi connectivity index (χ1) is 30.8. The summed E-state index contributed by atoms with van der Waals surface area (Å²) in [6.07, 6.45) is 0. The maximum Gasteiger partial charge on any atom is 0.161 e. The Morgan fingerprint density at radius 2 is 0.806 bits per heavy atom. The topological polar surface area (TPSA) is 38.9 Å². The highest BCUT2D eigenvalue weighted by Crippen LogP contribution is 2.61. The quantitative estimate of drug-likeness (QED) is 0.178. The molecule has 9 aromatic carbocycles. The van der Waals surface area contributed by atoms with Gasteiger partial charge in [0.05, 0.1) is 16.8 Å². The van der Waals surface area contributed by atoms with Gasteiger partial charge in [0.15, 0.2) is 5.82 Å². The molecule has 0 fully saturated rings. The summed E-state index contributed by atoms with van der Waals surface area (Å²) in [6.45, 7) is 0. The van der Waals surface area contributed by atoms with Crippen LogP contribution in [0.1, 0.15) is 22.3 Å². The van der Waals surface area contributed by atoms with Gasteiger partial charge in [-0.2, -0.15) is 0 Å². The minimum atomic E-state index is -0.603. The van der Waals surface area contributed by atoms with Crippen LogP contribution >= 0.6 is 0 Å². The number of benzene rings is 9. The van der Waals surface area contributed by atoms with Crippen LogP contribution in [0.5, 0.6) is 0 Å². The van der Waals surface area contributed by atoms with Gasteiger partial charge in [-0.1, -0.05) is 194 Å². The van der Waals surface area contributed by atoms with Gasteiger partial charge in [0.1, 0.15) is 11.2 Å². The van der Waals surface area contributed by atoms with Gasteiger partial charge in [0.2, 0.25) is 0 Å². The third-order valence-electron chi connectivity index (χ3n) is 13.2. The number of nitrogens with zero attached hydrogens (tertiary/aromatic N) is 2. The molecule has 0 amide bonds. The molecule has 2 aliphatic rings. The van der Waals surface area contributed by atoms with E-state index in [1.165, 1.54) is 55.6 Å². The molecule has 0 N–H and O–H groups in total. The van der Waals surface area contributed by atoms with Crippen molar-refractivity contribution in [2.45, 2.75) is 5.41 Å². The number of hydrogen-bond donors (Lipinski definition) is 0. The van der Waals surface area contributed by atoms with E-state index < -0.39 is 5.41 Å². The van der Waals surface area contributed by atoms with Crippen molar-refractivity contribution in [2.75, 3.05) is 0 Å². The van der Waals surface area contributed by atoms with Gasteiger partial charge in [-0.15, -0.1) is 0 Å². The van der Waals surface area contributed by atoms with Crippen molar-refractivity contribution in [3.05, 3.63) is 241 Å². The Bertz CT molecular complexity index is 3530. The summed E-state index contributed by atoms with van der Waals surface area (Å²) in [7, 11) is 0. The monoisotopic (exact) mass is 788 g/mol. The van der Waals surface area contributed by atoms with Gasteiger partial charge < -0.3 is 4.42 Å². The van der Waals surface area contributed by atoms with Gasteiger partial charge in [-0.25, -0.2) is 9.97 Å². The van der Waals surface area contributed by atoms with Crippen molar-refractivity contribution in [3.63, 3.8) is 0 Å². The minimum Gasteiger partial charge on any atom is -0.456 e. The van der Waals surface area contributed by atoms with Gasteiger partial charge in [-0.05, 0) is 91.0 Å². The largest absolute Gasteiger partial charge is 0.456 e. The fraction of sp³-hybridized carbons (Fsp3) is 0.0169. The number of furan rings is 1. The van der Waals surface area contributed by atoms with Gasteiger partial charge in [0, 0.05) is 27.5 Å². The summed E-state index contributed by atoms with van der Waals surface area (Å²) in [5, 5.41) is 2.06. The zero-order chi connectivity index (χ0) is 40.8. The number of rotatable bonds is 4. The Morgan fingerprint density at radius 3 is 1.50 bits per heavy atom. The zero-order valence-corrected chi connectivity index (χ0v) is 33.6. The van der Waals surface area contributed by atoms with Crippen LogP contribution in [0, 0.1) is 0 Å². The lowest BCUT2D eigenvalue weighted by Gasteiger charge is -2.35. The Labute approximate surface area is 359 Å². The molecule has 0 radical (unpaired) electrons. The number of fused-ring (bicyclic) bond motifs is 15. The van der Waals surface area contributed by atoms with E-state index in [0.29, 0.717) is 5.82 Å². The summed E-state index contributed by atoms with van der Waals surface area (Å²) in [5.74, 6) is 0.650. The van der Waals surface area contributed by atoms with Crippen LogP contribution in [-0.4, -0.2) is 9.97 Å². The lowest BCUT2D eigenvalue weighted by atomic mass is 9.65. The Hall–Kier alpha value is -8.14. The predicted molar refractivity (Wildman–Crippen MR) is 253 cm³/mol. The van der Waals surface area contributed by atoms with Crippen molar-refractivity contribution in [1.82, 2.24) is 9.97 Å². The van der Waals surface area contributed by atoms with Crippen LogP contribution in [-0.2, 0) is 5.41 Å². The molecular weight excluding hydrogens is 753 g/mol. The van der Waals surface area contributed by atoms with Crippen molar-refractivity contribution in [3.8, 4) is 78.4 Å². The average Bonchev–Trinajstić information content (AvgIpc) is 3.84. The first-order valence-electron chi connectivity index (χ1n) is 21.2. The second kappa shape index (κ2) is 13.4. The molecule has 2 aliphatic carbocycles. The van der Waals surface area contributed by atoms with Crippen molar-refractivity contribution in [2.24, 2.45) is 0 Å². The molecule has 62 heavy (non-hydrogen) atoms. The van der Waals surface area contributed by atoms with Crippen LogP contribution in [0.2, 0.25) is 0 Å². The molecule has 2 aromatic heterocycles. The third-order valence-corrected chi connectivity index (χ3v) is 13.2. The van der Waals surface area contributed by atoms with E-state index in [0.717, 1.165) is 61.1 Å². The van der Waals surface area contributed by atoms with Crippen LogP contribution in [0.3, 0.4) is 0 Å². The molecule has 288 valence electrons. The van der Waals surface area contributed by atoms with E-state index in [9.17, 15) is 0 Å². The van der Waals surface area contributed by atoms with Gasteiger partial charge >= 0.3 is 0 Å². The van der Waals surface area contributed by atoms with Crippen LogP contribution in [0.4, 0.5) is 0 Å². The van der Waals surface area contributed by atoms with E-state index in [1.807, 2.05) is 24.3 Å². The molecule has 0 saturated heterocycles. The minimum absolute atomic E-state index is 0.603. The first kappa shape index (κ1) is 34.7. The summed E-state index contributed by atoms with van der Waals surface area (Å²) < 4.78 is 6.40. The van der Waals surface area contributed by atoms with Crippen LogP contribution in [0.25, 0.3) is 100 Å². The Kier molecular flexibility index (Phi) is 7.52. The molecular formula is C59H36N2O. The van der Waals surface area contributed by atoms with Crippen molar-refractivity contribution in [1.29, 1.82) is 0 Å². The molecule has 2 heterocycles. The molecule has 13 rings (SSSR count). The fourth-order valence-electron chi connectivity index (χ4n) is 10.6. The van der Waals surface area contributed by atoms with E-state index in [-0.39, 0.29) is 0 Å². The molecule has 0 bridgehead atoms. The van der Waals surface area contributed by atoms with Crippen LogP contribution < -0.4 is 0 Å². The molecule has 0 aliphatic heterocycles. The van der Waals surface area contributed by atoms with Crippen molar-refractivity contribution < 1.29 is 4.42 Å². The number of para-hydroxylation sites is 1. The first-order valence-corrected chi connectivity index (χ1v) is 21.2. The third kappa shape index (κ3) is 4.94. The Morgan fingerprint density at radius 1 is 0.306 bits per heavy atom. The number of aromatic nitrogens is 2. The van der Waals surface area contributed by atoms with Gasteiger partial charge in [-0.3, -0.25) is 0 Å². The van der Waals surface area contributed by atoms with E-state index in [1.54, 1.807) is 0 Å². The average molecular weight is 789 g/mol. The summed E-state index contributed by atoms with van der Waals surface area (Å²) >= 11 is 0. The lowest BCUT2D eigenvalue weighted by Crippen LogP contribution is -2.29. The van der Waals surface area contributed by atoms with E-state index in [4.69, 9.17) is 14.4 Å². The maximum absolute atomic E-state index is 6.40. The lowest BCUT2D eigenvalue weighted by molar-refractivity contribution is 0.669. The maximum atomic E-state index is 6.40. The molecule has 1 spiro atoms. The molecule has 11 aromatic rings. The molecule has 3 heteroatoms. The Balaban J connectivity index is 1.11. The molecule has 0 atom stereocenters. The van der Waals surface area contributed by atoms with E-state index >= 15 is 0 Å². The predicted octanol–water partition coefficient (Wildman–Crippen LogP) is 15.1. The summed E-state index contributed by atoms with van der Waals surface area (Å²) in [6, 6.07) is 78.7. The number of hydrogen-bond acceptors (Lipinski definition) is 3. The molecule has 3 nitrogen and oxygen atoms in total. The fourth-order valence-corrected chi connectivity index (χ4v) is 10.6. The summed E-state index contributed by atoms with van der Waals surface area (Å²) in [5.41, 5.74) is 20.6. The van der Waals surface area contributed by atoms with E-state index in [2.05, 4.69) is 194 Å². The highest BCUT2D eigenvalue weighted by atomic mass is 16.3. The smallest absolute Gasteiger partial charge is 0.161 e. The highest BCUT2D eigenvalue weighted by molar-refractivity contribution is 6.12. The molecule has 0 unspecified atom stereocenters. The standard InChI is InChI=1S/C59H36N2O/c1-2-17-37(18-3-1)39-19-4-7-25-46(39)54-36-53(60-58(61-54)48-27-16-32-56-57(48)47-26-11-15-31-55(47)62-56)38-33-34-45-44-24-10-14-30-51(44)59(52(45)35-38)49-28-12-8-22-42(49)40-20-5-6-21-41(40)43-23-9-13-29-50(43)59/h1-36H. The van der Waals surface area contributed by atoms with Crippen LogP contribution in [0.15, 0.2) is 223 Å².